The molecule has 2 fully saturated rings. The highest BCUT2D eigenvalue weighted by molar-refractivity contribution is 6.79. The predicted octanol–water partition coefficient (Wildman–Crippen LogP) is 7.39. The molecule has 0 aliphatic carbocycles. The molecule has 2 aromatic carbocycles. The van der Waals surface area contributed by atoms with Crippen molar-refractivity contribution in [3.8, 4) is 45.5 Å². The van der Waals surface area contributed by atoms with E-state index in [1.807, 2.05) is 73.9 Å². The fourth-order valence-corrected chi connectivity index (χ4v) is 14.2. The molecule has 0 bridgehead atoms. The minimum Gasteiger partial charge on any atom is -0.453 e. The minimum absolute atomic E-state index is 0.133. The number of aromatic amines is 2. The van der Waals surface area contributed by atoms with E-state index in [2.05, 4.69) is 46.8 Å². The van der Waals surface area contributed by atoms with Gasteiger partial charge in [-0.2, -0.15) is 0 Å². The SMILES string of the molecule is COC(=O)N[C@H](C(=O)N1C[Si](C)(C)C[C@H]1c1ncc(-c2ccc3c(c2)Oc2ccc(-c4cnc([C@@H]5C[Si](C)(C)CN5C(=O)[C@@H](NC(=O)OC)C(C)C)[nH]4)cc2O3)[nH]1)C(C)C. The molecule has 2 aromatic heterocycles. The van der Waals surface area contributed by atoms with Crippen LogP contribution in [0.25, 0.3) is 22.5 Å². The topological polar surface area (TPSA) is 193 Å². The molecule has 18 heteroatoms. The van der Waals surface area contributed by atoms with Crippen LogP contribution in [0.2, 0.25) is 38.3 Å². The highest BCUT2D eigenvalue weighted by Crippen LogP contribution is 2.48. The highest BCUT2D eigenvalue weighted by Gasteiger charge is 2.47. The molecule has 0 radical (unpaired) electrons. The van der Waals surface area contributed by atoms with E-state index in [0.717, 1.165) is 34.6 Å². The third-order valence-electron chi connectivity index (χ3n) is 11.6. The van der Waals surface area contributed by atoms with Gasteiger partial charge < -0.3 is 49.3 Å². The highest BCUT2D eigenvalue weighted by atomic mass is 28.3. The predicted molar refractivity (Wildman–Crippen MR) is 230 cm³/mol. The van der Waals surface area contributed by atoms with E-state index in [-0.39, 0.29) is 35.7 Å². The zero-order valence-corrected chi connectivity index (χ0v) is 38.0. The van der Waals surface area contributed by atoms with Crippen molar-refractivity contribution in [2.45, 2.75) is 90.1 Å². The Labute approximate surface area is 352 Å². The number of nitrogens with one attached hydrogen (secondary N) is 4. The molecule has 0 saturated carbocycles. The lowest BCUT2D eigenvalue weighted by Crippen LogP contribution is -2.52. The molecule has 4 aromatic rings. The van der Waals surface area contributed by atoms with Crippen molar-refractivity contribution in [2.75, 3.05) is 26.6 Å². The van der Waals surface area contributed by atoms with Gasteiger partial charge in [-0.3, -0.25) is 9.59 Å². The van der Waals surface area contributed by atoms with Gasteiger partial charge in [-0.05, 0) is 60.3 Å². The summed E-state index contributed by atoms with van der Waals surface area (Å²) in [6, 6.07) is 11.1. The van der Waals surface area contributed by atoms with E-state index in [0.29, 0.717) is 47.0 Å². The molecule has 7 rings (SSSR count). The van der Waals surface area contributed by atoms with Crippen molar-refractivity contribution in [2.24, 2.45) is 11.8 Å². The summed E-state index contributed by atoms with van der Waals surface area (Å²) in [5.74, 6) is 3.04. The van der Waals surface area contributed by atoms with Gasteiger partial charge in [-0.15, -0.1) is 0 Å². The molecular weight excluding hydrogens is 801 g/mol. The number of nitrogens with zero attached hydrogens (tertiary/aromatic N) is 4. The van der Waals surface area contributed by atoms with Gasteiger partial charge in [-0.25, -0.2) is 19.6 Å². The summed E-state index contributed by atoms with van der Waals surface area (Å²) in [7, 11) is -0.999. The quantitative estimate of drug-likeness (QED) is 0.103. The lowest BCUT2D eigenvalue weighted by atomic mass is 10.0. The van der Waals surface area contributed by atoms with E-state index in [1.54, 1.807) is 12.4 Å². The second-order valence-corrected chi connectivity index (χ2v) is 28.4. The normalized spacial score (nSPS) is 19.8. The summed E-state index contributed by atoms with van der Waals surface area (Å²) >= 11 is 0. The van der Waals surface area contributed by atoms with E-state index < -0.39 is 40.4 Å². The van der Waals surface area contributed by atoms with Crippen LogP contribution in [0.5, 0.6) is 23.0 Å². The van der Waals surface area contributed by atoms with Crippen molar-refractivity contribution in [1.29, 1.82) is 0 Å². The van der Waals surface area contributed by atoms with Gasteiger partial charge in [0, 0.05) is 23.5 Å². The fraction of sp³-hybridized carbons (Fsp3) is 0.476. The van der Waals surface area contributed by atoms with Crippen LogP contribution in [0.1, 0.15) is 51.4 Å². The smallest absolute Gasteiger partial charge is 0.407 e. The number of carbonyl (C=O) groups excluding carboxylic acids is 4. The van der Waals surface area contributed by atoms with E-state index in [1.165, 1.54) is 14.2 Å². The number of fused-ring (bicyclic) bond motifs is 2. The standard InChI is InChI=1S/C42H56N8O8Si2/c1-23(2)35(47-41(53)55-5)39(51)49-21-59(7,8)19-29(49)37-43-17-27(45-37)25-11-13-31-33(15-25)57-32-14-12-26(16-34(32)58-31)28-18-44-38(46-28)30-20-60(9,10)22-50(30)40(52)36(24(3)4)48-42(54)56-6/h11-18,23-24,29-30,35-36H,19-22H2,1-10H3,(H,43,45)(H,44,46)(H,47,53)(H,48,54)/t29-,30-,35-,36-/m0/s1. The molecule has 320 valence electrons. The Bertz CT molecular complexity index is 2130. The average Bonchev–Trinajstić information content (AvgIpc) is 4.02. The number of methoxy groups -OCH3 is 2. The molecule has 4 N–H and O–H groups in total. The first-order valence-electron chi connectivity index (χ1n) is 20.4. The van der Waals surface area contributed by atoms with Gasteiger partial charge in [0.25, 0.3) is 0 Å². The molecule has 3 aliphatic heterocycles. The molecule has 3 aliphatic rings. The Hall–Kier alpha value is -5.63. The van der Waals surface area contributed by atoms with E-state index in [9.17, 15) is 19.2 Å². The molecular formula is C42H56N8O8Si2. The first-order valence-corrected chi connectivity index (χ1v) is 27.2. The summed E-state index contributed by atoms with van der Waals surface area (Å²) in [4.78, 5) is 72.3. The number of H-pyrrole nitrogens is 2. The van der Waals surface area contributed by atoms with Crippen LogP contribution in [0.15, 0.2) is 48.8 Å². The molecule has 60 heavy (non-hydrogen) atoms. The number of benzene rings is 2. The molecule has 5 heterocycles. The molecule has 0 unspecified atom stereocenters. The number of alkyl carbamates (subject to hydrolysis) is 2. The van der Waals surface area contributed by atoms with Crippen molar-refractivity contribution in [3.05, 3.63) is 60.4 Å². The van der Waals surface area contributed by atoms with Crippen molar-refractivity contribution in [1.82, 2.24) is 40.4 Å². The number of rotatable bonds is 10. The maximum atomic E-state index is 13.9. The van der Waals surface area contributed by atoms with Crippen LogP contribution in [-0.2, 0) is 19.1 Å². The lowest BCUT2D eigenvalue weighted by molar-refractivity contribution is -0.135. The van der Waals surface area contributed by atoms with Gasteiger partial charge in [0.2, 0.25) is 11.8 Å². The van der Waals surface area contributed by atoms with Crippen LogP contribution < -0.4 is 20.1 Å². The number of aromatic nitrogens is 4. The number of hydrogen-bond donors (Lipinski definition) is 4. The maximum Gasteiger partial charge on any atom is 0.407 e. The molecule has 4 amide bonds. The molecule has 0 spiro atoms. The number of imidazole rings is 2. The van der Waals surface area contributed by atoms with E-state index in [4.69, 9.17) is 28.9 Å². The van der Waals surface area contributed by atoms with Gasteiger partial charge in [0.05, 0.1) is 66.2 Å². The van der Waals surface area contributed by atoms with Gasteiger partial charge in [-0.1, -0.05) is 53.9 Å². The molecule has 4 atom stereocenters. The van der Waals surface area contributed by atoms with Crippen molar-refractivity contribution in [3.63, 3.8) is 0 Å². The van der Waals surface area contributed by atoms with Crippen LogP contribution in [-0.4, -0.2) is 109 Å². The Balaban J connectivity index is 1.07. The van der Waals surface area contributed by atoms with Gasteiger partial charge in [0.1, 0.15) is 23.7 Å². The zero-order valence-electron chi connectivity index (χ0n) is 36.0. The van der Waals surface area contributed by atoms with Gasteiger partial charge in [0.15, 0.2) is 23.0 Å². The summed E-state index contributed by atoms with van der Waals surface area (Å²) in [5, 5.41) is 5.46. The van der Waals surface area contributed by atoms with Crippen LogP contribution in [0, 0.1) is 11.8 Å². The second kappa shape index (κ2) is 16.4. The Morgan fingerprint density at radius 1 is 0.667 bits per heavy atom. The Morgan fingerprint density at radius 3 is 1.40 bits per heavy atom. The first kappa shape index (κ1) is 42.5. The van der Waals surface area contributed by atoms with Crippen molar-refractivity contribution < 1.29 is 38.1 Å². The lowest BCUT2D eigenvalue weighted by Gasteiger charge is -2.30. The molecule has 16 nitrogen and oxygen atoms in total. The number of amides is 4. The zero-order chi connectivity index (χ0) is 43.3. The summed E-state index contributed by atoms with van der Waals surface area (Å²) in [6.45, 7) is 16.7. The van der Waals surface area contributed by atoms with Crippen molar-refractivity contribution >= 4 is 40.1 Å². The fourth-order valence-electron chi connectivity index (χ4n) is 8.47. The maximum absolute atomic E-state index is 13.9. The number of carbonyl (C=O) groups is 4. The first-order chi connectivity index (χ1) is 28.4. The van der Waals surface area contributed by atoms with Crippen LogP contribution >= 0.6 is 0 Å². The summed E-state index contributed by atoms with van der Waals surface area (Å²) in [5.41, 5.74) is 3.22. The third-order valence-corrected chi connectivity index (χ3v) is 16.9. The average molecular weight is 857 g/mol. The third kappa shape index (κ3) is 8.66. The largest absolute Gasteiger partial charge is 0.453 e. The summed E-state index contributed by atoms with van der Waals surface area (Å²) < 4.78 is 22.4. The Kier molecular flexibility index (Phi) is 11.6. The summed E-state index contributed by atoms with van der Waals surface area (Å²) in [6.07, 6.45) is 3.58. The van der Waals surface area contributed by atoms with Crippen LogP contribution in [0.4, 0.5) is 9.59 Å². The number of ether oxygens (including phenoxy) is 4. The van der Waals surface area contributed by atoms with E-state index >= 15 is 0 Å². The molecule has 2 saturated heterocycles. The second-order valence-electron chi connectivity index (χ2n) is 18.3. The van der Waals surface area contributed by atoms with Gasteiger partial charge >= 0.3 is 12.2 Å². The minimum atomic E-state index is -1.79. The monoisotopic (exact) mass is 856 g/mol. The Morgan fingerprint density at radius 2 is 1.05 bits per heavy atom. The number of hydrogen-bond acceptors (Lipinski definition) is 10. The van der Waals surface area contributed by atoms with Crippen LogP contribution in [0.3, 0.4) is 0 Å².